The lowest BCUT2D eigenvalue weighted by Crippen LogP contribution is -2.24. The number of aromatic nitrogens is 2. The monoisotopic (exact) mass is 328 g/mol. The number of hydrogen-bond donors (Lipinski definition) is 3. The zero-order chi connectivity index (χ0) is 17.4. The minimum atomic E-state index is -0.0896. The van der Waals surface area contributed by atoms with Gasteiger partial charge in [0.15, 0.2) is 0 Å². The van der Waals surface area contributed by atoms with Gasteiger partial charge in [-0.15, -0.1) is 0 Å². The lowest BCUT2D eigenvalue weighted by Gasteiger charge is -2.08. The molecule has 0 spiro atoms. The normalized spacial score (nSPS) is 10.5. The first kappa shape index (κ1) is 17.9. The molecule has 0 aliphatic carbocycles. The van der Waals surface area contributed by atoms with Crippen molar-refractivity contribution in [2.75, 3.05) is 18.5 Å². The number of aryl methyl sites for hydroxylation is 2. The Morgan fingerprint density at radius 1 is 1.04 bits per heavy atom. The Balaban J connectivity index is 1.89. The van der Waals surface area contributed by atoms with Crippen LogP contribution >= 0.6 is 0 Å². The van der Waals surface area contributed by atoms with E-state index in [1.165, 1.54) is 0 Å². The van der Waals surface area contributed by atoms with E-state index >= 15 is 0 Å². The van der Waals surface area contributed by atoms with E-state index in [1.807, 2.05) is 32.0 Å². The van der Waals surface area contributed by atoms with Crippen LogP contribution < -0.4 is 10.6 Å². The molecule has 0 aliphatic heterocycles. The number of nitrogens with one attached hydrogen (secondary N) is 2. The van der Waals surface area contributed by atoms with Gasteiger partial charge in [0.2, 0.25) is 5.95 Å². The molecule has 0 aliphatic rings. The highest BCUT2D eigenvalue weighted by molar-refractivity contribution is 5.94. The van der Waals surface area contributed by atoms with Gasteiger partial charge in [-0.25, -0.2) is 9.97 Å². The Bertz CT molecular complexity index is 651. The maximum atomic E-state index is 12.0. The van der Waals surface area contributed by atoms with Gasteiger partial charge in [-0.05, 0) is 63.4 Å². The average Bonchev–Trinajstić information content (AvgIpc) is 2.54. The van der Waals surface area contributed by atoms with Crippen molar-refractivity contribution in [3.05, 3.63) is 47.3 Å². The van der Waals surface area contributed by atoms with Crippen LogP contribution in [0.3, 0.4) is 0 Å². The Hall–Kier alpha value is -2.47. The number of amides is 1. The fourth-order valence-corrected chi connectivity index (χ4v) is 2.33. The third-order valence-corrected chi connectivity index (χ3v) is 3.51. The second-order valence-electron chi connectivity index (χ2n) is 5.72. The van der Waals surface area contributed by atoms with E-state index in [0.717, 1.165) is 36.3 Å². The molecule has 0 unspecified atom stereocenters. The molecule has 6 nitrogen and oxygen atoms in total. The zero-order valence-corrected chi connectivity index (χ0v) is 14.2. The number of unbranched alkanes of at least 4 members (excludes halogenated alkanes) is 2. The second kappa shape index (κ2) is 8.98. The maximum absolute atomic E-state index is 12.0. The van der Waals surface area contributed by atoms with E-state index in [1.54, 1.807) is 12.1 Å². The topological polar surface area (TPSA) is 87.1 Å². The summed E-state index contributed by atoms with van der Waals surface area (Å²) in [6.45, 7) is 4.67. The molecule has 1 heterocycles. The largest absolute Gasteiger partial charge is 0.396 e. The maximum Gasteiger partial charge on any atom is 0.251 e. The number of carbonyl (C=O) groups excluding carboxylic acids is 1. The van der Waals surface area contributed by atoms with E-state index in [9.17, 15) is 4.79 Å². The molecular formula is C18H24N4O2. The summed E-state index contributed by atoms with van der Waals surface area (Å²) in [5.74, 6) is 0.460. The number of hydrogen-bond acceptors (Lipinski definition) is 5. The number of rotatable bonds is 8. The van der Waals surface area contributed by atoms with Crippen LogP contribution in [-0.2, 0) is 0 Å². The highest BCUT2D eigenvalue weighted by Crippen LogP contribution is 2.15. The highest BCUT2D eigenvalue weighted by atomic mass is 16.2. The first-order chi connectivity index (χ1) is 11.6. The van der Waals surface area contributed by atoms with E-state index in [0.29, 0.717) is 18.1 Å². The summed E-state index contributed by atoms with van der Waals surface area (Å²) >= 11 is 0. The number of aliphatic hydroxyl groups excluding tert-OH is 1. The molecule has 0 saturated carbocycles. The summed E-state index contributed by atoms with van der Waals surface area (Å²) in [7, 11) is 0. The number of nitrogens with zero attached hydrogens (tertiary/aromatic N) is 2. The molecule has 2 rings (SSSR count). The molecule has 128 valence electrons. The third kappa shape index (κ3) is 5.62. The molecule has 0 atom stereocenters. The van der Waals surface area contributed by atoms with Gasteiger partial charge in [-0.3, -0.25) is 4.79 Å². The number of anilines is 2. The van der Waals surface area contributed by atoms with Crippen LogP contribution in [0.2, 0.25) is 0 Å². The highest BCUT2D eigenvalue weighted by Gasteiger charge is 2.05. The SMILES string of the molecule is Cc1cc(C)nc(Nc2ccc(C(=O)NCCCCCO)cc2)n1. The van der Waals surface area contributed by atoms with Crippen molar-refractivity contribution in [3.8, 4) is 0 Å². The van der Waals surface area contributed by atoms with Crippen LogP contribution in [0.25, 0.3) is 0 Å². The van der Waals surface area contributed by atoms with Crippen molar-refractivity contribution in [1.29, 1.82) is 0 Å². The van der Waals surface area contributed by atoms with Crippen LogP contribution in [0.5, 0.6) is 0 Å². The molecule has 0 bridgehead atoms. The summed E-state index contributed by atoms with van der Waals surface area (Å²) in [5, 5.41) is 14.7. The molecule has 24 heavy (non-hydrogen) atoms. The van der Waals surface area contributed by atoms with E-state index in [4.69, 9.17) is 5.11 Å². The Kier molecular flexibility index (Phi) is 6.69. The summed E-state index contributed by atoms with van der Waals surface area (Å²) in [6, 6.07) is 9.13. The molecule has 0 radical (unpaired) electrons. The molecule has 1 aromatic carbocycles. The quantitative estimate of drug-likeness (QED) is 0.649. The van der Waals surface area contributed by atoms with E-state index in [-0.39, 0.29) is 12.5 Å². The number of benzene rings is 1. The van der Waals surface area contributed by atoms with Gasteiger partial charge in [-0.1, -0.05) is 0 Å². The number of carbonyl (C=O) groups is 1. The Morgan fingerprint density at radius 3 is 2.33 bits per heavy atom. The molecule has 1 aromatic heterocycles. The standard InChI is InChI=1S/C18H24N4O2/c1-13-12-14(2)21-18(20-13)22-16-8-6-15(7-9-16)17(24)19-10-4-3-5-11-23/h6-9,12,23H,3-5,10-11H2,1-2H3,(H,19,24)(H,20,21,22). The molecule has 3 N–H and O–H groups in total. The van der Waals surface area contributed by atoms with Crippen molar-refractivity contribution in [2.45, 2.75) is 33.1 Å². The number of aliphatic hydroxyl groups is 1. The lowest BCUT2D eigenvalue weighted by atomic mass is 10.2. The first-order valence-electron chi connectivity index (χ1n) is 8.17. The molecule has 6 heteroatoms. The smallest absolute Gasteiger partial charge is 0.251 e. The fraction of sp³-hybridized carbons (Fsp3) is 0.389. The van der Waals surface area contributed by atoms with Crippen molar-refractivity contribution in [3.63, 3.8) is 0 Å². The summed E-state index contributed by atoms with van der Waals surface area (Å²) in [5.41, 5.74) is 3.26. The van der Waals surface area contributed by atoms with Gasteiger partial charge in [0.25, 0.3) is 5.91 Å². The van der Waals surface area contributed by atoms with Gasteiger partial charge >= 0.3 is 0 Å². The molecule has 0 fully saturated rings. The minimum Gasteiger partial charge on any atom is -0.396 e. The van der Waals surface area contributed by atoms with Crippen LogP contribution in [0.4, 0.5) is 11.6 Å². The predicted molar refractivity (Wildman–Crippen MR) is 94.5 cm³/mol. The average molecular weight is 328 g/mol. The van der Waals surface area contributed by atoms with Crippen molar-refractivity contribution >= 4 is 17.5 Å². The van der Waals surface area contributed by atoms with Gasteiger partial charge in [-0.2, -0.15) is 0 Å². The first-order valence-corrected chi connectivity index (χ1v) is 8.17. The van der Waals surface area contributed by atoms with Crippen molar-refractivity contribution in [1.82, 2.24) is 15.3 Å². The van der Waals surface area contributed by atoms with Crippen molar-refractivity contribution in [2.24, 2.45) is 0 Å². The summed E-state index contributed by atoms with van der Waals surface area (Å²) in [6.07, 6.45) is 2.56. The Labute approximate surface area is 142 Å². The molecule has 1 amide bonds. The lowest BCUT2D eigenvalue weighted by molar-refractivity contribution is 0.0953. The zero-order valence-electron chi connectivity index (χ0n) is 14.2. The summed E-state index contributed by atoms with van der Waals surface area (Å²) in [4.78, 5) is 20.7. The second-order valence-corrected chi connectivity index (χ2v) is 5.72. The molecule has 0 saturated heterocycles. The van der Waals surface area contributed by atoms with Gasteiger partial charge in [0.05, 0.1) is 0 Å². The van der Waals surface area contributed by atoms with Gasteiger partial charge in [0, 0.05) is 35.8 Å². The fourth-order valence-electron chi connectivity index (χ4n) is 2.33. The molecule has 2 aromatic rings. The van der Waals surface area contributed by atoms with Crippen LogP contribution in [0.15, 0.2) is 30.3 Å². The van der Waals surface area contributed by atoms with Crippen LogP contribution in [0.1, 0.15) is 41.0 Å². The predicted octanol–water partition coefficient (Wildman–Crippen LogP) is 2.73. The van der Waals surface area contributed by atoms with E-state index in [2.05, 4.69) is 20.6 Å². The third-order valence-electron chi connectivity index (χ3n) is 3.51. The minimum absolute atomic E-state index is 0.0896. The Morgan fingerprint density at radius 2 is 1.71 bits per heavy atom. The summed E-state index contributed by atoms with van der Waals surface area (Å²) < 4.78 is 0. The molecular weight excluding hydrogens is 304 g/mol. The van der Waals surface area contributed by atoms with Crippen LogP contribution in [0, 0.1) is 13.8 Å². The van der Waals surface area contributed by atoms with Gasteiger partial charge < -0.3 is 15.7 Å². The van der Waals surface area contributed by atoms with Crippen LogP contribution in [-0.4, -0.2) is 34.1 Å². The van der Waals surface area contributed by atoms with Crippen molar-refractivity contribution < 1.29 is 9.90 Å². The van der Waals surface area contributed by atoms with Gasteiger partial charge in [0.1, 0.15) is 0 Å². The van der Waals surface area contributed by atoms with E-state index < -0.39 is 0 Å².